The average molecular weight is 334 g/mol. The Morgan fingerprint density at radius 1 is 1.10 bits per heavy atom. The molecule has 0 saturated heterocycles. The van der Waals surface area contributed by atoms with Gasteiger partial charge in [-0.1, -0.05) is 17.7 Å². The second-order valence-electron chi connectivity index (χ2n) is 4.64. The van der Waals surface area contributed by atoms with Crippen molar-refractivity contribution in [3.63, 3.8) is 0 Å². The van der Waals surface area contributed by atoms with Crippen LogP contribution >= 0.6 is 15.9 Å². The first-order chi connectivity index (χ1) is 9.51. The molecular formula is C16H16BrNO2. The number of benzene rings is 2. The Labute approximate surface area is 127 Å². The first-order valence-corrected chi connectivity index (χ1v) is 7.02. The third-order valence-corrected chi connectivity index (χ3v) is 3.66. The van der Waals surface area contributed by atoms with Crippen LogP contribution in [-0.2, 0) is 0 Å². The molecule has 1 N–H and O–H groups in total. The topological polar surface area (TPSA) is 38.3 Å². The van der Waals surface area contributed by atoms with Gasteiger partial charge in [-0.25, -0.2) is 0 Å². The third-order valence-electron chi connectivity index (χ3n) is 2.97. The lowest BCUT2D eigenvalue weighted by atomic mass is 10.1. The highest BCUT2D eigenvalue weighted by atomic mass is 79.9. The number of halogens is 1. The molecule has 0 atom stereocenters. The third kappa shape index (κ3) is 3.20. The van der Waals surface area contributed by atoms with E-state index < -0.39 is 0 Å². The number of nitrogens with one attached hydrogen (secondary N) is 1. The fraction of sp³-hybridized carbons (Fsp3) is 0.188. The number of ether oxygens (including phenoxy) is 1. The fourth-order valence-electron chi connectivity index (χ4n) is 1.92. The quantitative estimate of drug-likeness (QED) is 0.907. The van der Waals surface area contributed by atoms with E-state index in [9.17, 15) is 4.79 Å². The summed E-state index contributed by atoms with van der Waals surface area (Å²) >= 11 is 3.40. The summed E-state index contributed by atoms with van der Waals surface area (Å²) in [6.45, 7) is 3.92. The van der Waals surface area contributed by atoms with Crippen LogP contribution in [0.3, 0.4) is 0 Å². The largest absolute Gasteiger partial charge is 0.495 e. The van der Waals surface area contributed by atoms with Gasteiger partial charge < -0.3 is 10.1 Å². The Bertz CT molecular complexity index is 653. The van der Waals surface area contributed by atoms with Crippen LogP contribution in [0.5, 0.6) is 5.75 Å². The van der Waals surface area contributed by atoms with Crippen molar-refractivity contribution < 1.29 is 9.53 Å². The van der Waals surface area contributed by atoms with Gasteiger partial charge in [0.05, 0.1) is 18.4 Å². The van der Waals surface area contributed by atoms with Crippen molar-refractivity contribution in [1.29, 1.82) is 0 Å². The molecule has 2 aromatic rings. The molecule has 0 aliphatic heterocycles. The predicted octanol–water partition coefficient (Wildman–Crippen LogP) is 4.33. The molecule has 0 radical (unpaired) electrons. The van der Waals surface area contributed by atoms with E-state index in [-0.39, 0.29) is 5.91 Å². The summed E-state index contributed by atoms with van der Waals surface area (Å²) in [5.74, 6) is 0.484. The van der Waals surface area contributed by atoms with Gasteiger partial charge in [0.15, 0.2) is 0 Å². The van der Waals surface area contributed by atoms with Gasteiger partial charge in [-0.15, -0.1) is 0 Å². The van der Waals surface area contributed by atoms with E-state index in [2.05, 4.69) is 21.2 Å². The van der Waals surface area contributed by atoms with Gasteiger partial charge in [-0.05, 0) is 59.6 Å². The molecule has 2 aromatic carbocycles. The first kappa shape index (κ1) is 14.6. The summed E-state index contributed by atoms with van der Waals surface area (Å²) in [4.78, 5) is 12.4. The molecule has 0 bridgehead atoms. The number of carbonyl (C=O) groups excluding carboxylic acids is 1. The van der Waals surface area contributed by atoms with Gasteiger partial charge in [-0.3, -0.25) is 4.79 Å². The Hall–Kier alpha value is -1.81. The van der Waals surface area contributed by atoms with E-state index in [0.717, 1.165) is 15.6 Å². The lowest BCUT2D eigenvalue weighted by Crippen LogP contribution is -2.13. The molecule has 4 heteroatoms. The first-order valence-electron chi connectivity index (χ1n) is 6.23. The number of rotatable bonds is 3. The normalized spacial score (nSPS) is 10.2. The van der Waals surface area contributed by atoms with Crippen molar-refractivity contribution in [2.75, 3.05) is 12.4 Å². The minimum atomic E-state index is -0.163. The highest BCUT2D eigenvalue weighted by Gasteiger charge is 2.13. The van der Waals surface area contributed by atoms with Crippen LogP contribution in [0.4, 0.5) is 5.69 Å². The molecule has 1 amide bonds. The van der Waals surface area contributed by atoms with Gasteiger partial charge in [0.2, 0.25) is 0 Å². The Morgan fingerprint density at radius 2 is 1.75 bits per heavy atom. The van der Waals surface area contributed by atoms with Crippen molar-refractivity contribution in [2.45, 2.75) is 13.8 Å². The SMILES string of the molecule is COc1ccc(C)cc1NC(=O)c1cc(C)ccc1Br. The molecule has 0 heterocycles. The molecule has 0 aliphatic carbocycles. The number of carbonyl (C=O) groups is 1. The lowest BCUT2D eigenvalue weighted by molar-refractivity contribution is 0.102. The fourth-order valence-corrected chi connectivity index (χ4v) is 2.35. The van der Waals surface area contributed by atoms with Crippen LogP contribution in [0.2, 0.25) is 0 Å². The number of anilines is 1. The predicted molar refractivity (Wildman–Crippen MR) is 84.6 cm³/mol. The molecule has 0 spiro atoms. The summed E-state index contributed by atoms with van der Waals surface area (Å²) in [5, 5.41) is 2.89. The summed E-state index contributed by atoms with van der Waals surface area (Å²) in [6.07, 6.45) is 0. The van der Waals surface area contributed by atoms with Gasteiger partial charge in [-0.2, -0.15) is 0 Å². The van der Waals surface area contributed by atoms with E-state index in [1.807, 2.05) is 50.2 Å². The maximum atomic E-state index is 12.4. The van der Waals surface area contributed by atoms with E-state index >= 15 is 0 Å². The van der Waals surface area contributed by atoms with Crippen molar-refractivity contribution in [2.24, 2.45) is 0 Å². The minimum Gasteiger partial charge on any atom is -0.495 e. The van der Waals surface area contributed by atoms with E-state index in [1.54, 1.807) is 7.11 Å². The summed E-state index contributed by atoms with van der Waals surface area (Å²) in [5.41, 5.74) is 3.37. The summed E-state index contributed by atoms with van der Waals surface area (Å²) in [7, 11) is 1.59. The van der Waals surface area contributed by atoms with Gasteiger partial charge in [0.1, 0.15) is 5.75 Å². The maximum absolute atomic E-state index is 12.4. The highest BCUT2D eigenvalue weighted by Crippen LogP contribution is 2.27. The Morgan fingerprint density at radius 3 is 2.45 bits per heavy atom. The summed E-state index contributed by atoms with van der Waals surface area (Å²) < 4.78 is 6.04. The van der Waals surface area contributed by atoms with Crippen LogP contribution in [0.1, 0.15) is 21.5 Å². The standard InChI is InChI=1S/C16H16BrNO2/c1-10-4-6-13(17)12(8-10)16(19)18-14-9-11(2)5-7-15(14)20-3/h4-9H,1-3H3,(H,18,19). The number of methoxy groups -OCH3 is 1. The van der Waals surface area contributed by atoms with Crippen LogP contribution in [0.15, 0.2) is 40.9 Å². The number of aryl methyl sites for hydroxylation is 2. The van der Waals surface area contributed by atoms with Crippen molar-refractivity contribution in [3.8, 4) is 5.75 Å². The Kier molecular flexibility index (Phi) is 4.45. The zero-order chi connectivity index (χ0) is 14.7. The van der Waals surface area contributed by atoms with Crippen molar-refractivity contribution >= 4 is 27.5 Å². The zero-order valence-corrected chi connectivity index (χ0v) is 13.2. The molecule has 0 aliphatic rings. The highest BCUT2D eigenvalue weighted by molar-refractivity contribution is 9.10. The van der Waals surface area contributed by atoms with Crippen LogP contribution in [0.25, 0.3) is 0 Å². The van der Waals surface area contributed by atoms with Crippen molar-refractivity contribution in [1.82, 2.24) is 0 Å². The lowest BCUT2D eigenvalue weighted by Gasteiger charge is -2.12. The molecular weight excluding hydrogens is 318 g/mol. The maximum Gasteiger partial charge on any atom is 0.256 e. The monoisotopic (exact) mass is 333 g/mol. The molecule has 104 valence electrons. The van der Waals surface area contributed by atoms with Crippen LogP contribution < -0.4 is 10.1 Å². The smallest absolute Gasteiger partial charge is 0.256 e. The number of hydrogen-bond donors (Lipinski definition) is 1. The molecule has 20 heavy (non-hydrogen) atoms. The molecule has 0 aromatic heterocycles. The van der Waals surface area contributed by atoms with Gasteiger partial charge in [0.25, 0.3) is 5.91 Å². The average Bonchev–Trinajstić information content (AvgIpc) is 2.41. The summed E-state index contributed by atoms with van der Waals surface area (Å²) in [6, 6.07) is 11.3. The van der Waals surface area contributed by atoms with E-state index in [4.69, 9.17) is 4.74 Å². The second-order valence-corrected chi connectivity index (χ2v) is 5.50. The van der Waals surface area contributed by atoms with Crippen LogP contribution in [-0.4, -0.2) is 13.0 Å². The molecule has 0 saturated carbocycles. The molecule has 3 nitrogen and oxygen atoms in total. The Balaban J connectivity index is 2.32. The molecule has 0 unspecified atom stereocenters. The second kappa shape index (κ2) is 6.09. The zero-order valence-electron chi connectivity index (χ0n) is 11.7. The van der Waals surface area contributed by atoms with E-state index in [0.29, 0.717) is 17.0 Å². The molecule has 2 rings (SSSR count). The minimum absolute atomic E-state index is 0.163. The van der Waals surface area contributed by atoms with Crippen molar-refractivity contribution in [3.05, 3.63) is 57.6 Å². The molecule has 0 fully saturated rings. The number of hydrogen-bond acceptors (Lipinski definition) is 2. The van der Waals surface area contributed by atoms with Crippen LogP contribution in [0, 0.1) is 13.8 Å². The van der Waals surface area contributed by atoms with E-state index in [1.165, 1.54) is 0 Å². The van der Waals surface area contributed by atoms with Gasteiger partial charge >= 0.3 is 0 Å². The van der Waals surface area contributed by atoms with Gasteiger partial charge in [0, 0.05) is 4.47 Å². The number of amides is 1.